The van der Waals surface area contributed by atoms with E-state index in [1.165, 1.54) is 24.3 Å². The second-order valence-electron chi connectivity index (χ2n) is 11.4. The maximum atomic E-state index is 12.7. The number of aromatic hydroxyl groups is 1. The van der Waals surface area contributed by atoms with Crippen LogP contribution in [0.25, 0.3) is 11.2 Å². The first kappa shape index (κ1) is 35.9. The second-order valence-corrected chi connectivity index (χ2v) is 15.6. The maximum Gasteiger partial charge on any atom is 0.342 e. The van der Waals surface area contributed by atoms with E-state index in [9.17, 15) is 39.0 Å². The first-order valence-corrected chi connectivity index (χ1v) is 18.3. The molecule has 48 heavy (non-hydrogen) atoms. The van der Waals surface area contributed by atoms with Crippen LogP contribution in [0.4, 0.5) is 5.82 Å². The van der Waals surface area contributed by atoms with Crippen molar-refractivity contribution < 1.29 is 62.3 Å². The number of rotatable bonds is 14. The summed E-state index contributed by atoms with van der Waals surface area (Å²) in [6, 6.07) is 0. The quantitative estimate of drug-likeness (QED) is 0.0604. The highest BCUT2D eigenvalue weighted by Crippen LogP contribution is 2.58. The minimum atomic E-state index is -4.72. The lowest BCUT2D eigenvalue weighted by Gasteiger charge is -2.19. The summed E-state index contributed by atoms with van der Waals surface area (Å²) in [5, 5.41) is 31.8. The Morgan fingerprint density at radius 3 is 2.62 bits per heavy atom. The van der Waals surface area contributed by atoms with Crippen molar-refractivity contribution in [3.05, 3.63) is 46.6 Å². The second kappa shape index (κ2) is 14.2. The number of cyclic esters (lactones) is 1. The molecule has 3 aromatic rings. The van der Waals surface area contributed by atoms with E-state index in [-0.39, 0.29) is 54.4 Å². The molecule has 2 aliphatic rings. The zero-order valence-electron chi connectivity index (χ0n) is 26.3. The van der Waals surface area contributed by atoms with Crippen LogP contribution >= 0.6 is 15.2 Å². The van der Waals surface area contributed by atoms with Crippen LogP contribution in [0.1, 0.15) is 53.0 Å². The lowest BCUT2D eigenvalue weighted by atomic mass is 9.94. The minimum absolute atomic E-state index is 0.0616. The summed E-state index contributed by atoms with van der Waals surface area (Å²) < 4.78 is 52.8. The van der Waals surface area contributed by atoms with E-state index in [2.05, 4.69) is 15.0 Å². The fourth-order valence-electron chi connectivity index (χ4n) is 5.61. The van der Waals surface area contributed by atoms with E-state index < -0.39 is 58.2 Å². The number of benzene rings is 1. The largest absolute Gasteiger partial charge is 0.507 e. The number of fused-ring (bicyclic) bond motifs is 2. The number of anilines is 1. The Kier molecular flexibility index (Phi) is 10.6. The third kappa shape index (κ3) is 7.42. The van der Waals surface area contributed by atoms with Crippen LogP contribution in [0, 0.1) is 6.92 Å². The molecule has 0 aliphatic carbocycles. The van der Waals surface area contributed by atoms with Crippen LogP contribution in [0.5, 0.6) is 11.5 Å². The highest BCUT2D eigenvalue weighted by molar-refractivity contribution is 7.70. The molecular formula is C28H37N5O13P2. The van der Waals surface area contributed by atoms with Crippen molar-refractivity contribution in [2.75, 3.05) is 32.0 Å². The Hall–Kier alpha value is -3.44. The van der Waals surface area contributed by atoms with Gasteiger partial charge in [-0.1, -0.05) is 11.6 Å². The molecule has 1 saturated heterocycles. The monoisotopic (exact) mass is 713 g/mol. The predicted octanol–water partition coefficient (Wildman–Crippen LogP) is 2.05. The normalized spacial score (nSPS) is 23.6. The van der Waals surface area contributed by atoms with Crippen LogP contribution in [-0.2, 0) is 40.7 Å². The molecule has 2 aromatic heterocycles. The summed E-state index contributed by atoms with van der Waals surface area (Å²) in [6.07, 6.45) is -0.298. The minimum Gasteiger partial charge on any atom is -0.507 e. The SMILES string of the molecule is COc1c(C)c2c(c(O)c1C/C=C(\C)CCCOP(=O)(O)CP(=O)(O)OC[C@@H]1OC(n3cnc4c(N)ncnc43)[C@@H](O)[C@H]1O)C(=O)OC2. The first-order valence-electron chi connectivity index (χ1n) is 14.8. The molecule has 262 valence electrons. The number of carbonyl (C=O) groups excluding carboxylic acids is 1. The molecule has 0 spiro atoms. The lowest BCUT2D eigenvalue weighted by Crippen LogP contribution is -2.33. The van der Waals surface area contributed by atoms with Gasteiger partial charge in [-0.3, -0.25) is 13.7 Å². The number of ether oxygens (including phenoxy) is 3. The van der Waals surface area contributed by atoms with Crippen molar-refractivity contribution in [2.24, 2.45) is 0 Å². The number of nitrogens with zero attached hydrogens (tertiary/aromatic N) is 4. The summed E-state index contributed by atoms with van der Waals surface area (Å²) in [7, 11) is -7.84. The average Bonchev–Trinajstić information content (AvgIpc) is 3.71. The molecule has 4 heterocycles. The van der Waals surface area contributed by atoms with Crippen LogP contribution in [0.2, 0.25) is 0 Å². The molecule has 5 rings (SSSR count). The smallest absolute Gasteiger partial charge is 0.342 e. The van der Waals surface area contributed by atoms with Crippen molar-refractivity contribution in [3.8, 4) is 11.5 Å². The van der Waals surface area contributed by atoms with E-state index in [1.54, 1.807) is 6.92 Å². The standard InChI is InChI=1S/C28H37N5O13P2/c1-14(6-7-16-21(34)19-17(9-43-28(19)37)15(2)24(16)42-3)5-4-8-44-47(38,39)13-48(40,41)45-10-18-22(35)23(36)27(46-18)33-12-32-20-25(29)30-11-31-26(20)33/h6,11-12,18,22-23,27,34-36H,4-5,7-10,13H2,1-3H3,(H,38,39)(H,40,41)(H2,29,30,31)/b14-6+/t18-,22-,23-,27?/m0/s1. The summed E-state index contributed by atoms with van der Waals surface area (Å²) in [6.45, 7) is 2.74. The molecule has 7 N–H and O–H groups in total. The van der Waals surface area contributed by atoms with Crippen molar-refractivity contribution in [1.29, 1.82) is 0 Å². The summed E-state index contributed by atoms with van der Waals surface area (Å²) in [5.41, 5.74) is 8.94. The molecule has 2 aliphatic heterocycles. The van der Waals surface area contributed by atoms with E-state index in [0.29, 0.717) is 28.9 Å². The number of imidazole rings is 1. The van der Waals surface area contributed by atoms with Crippen LogP contribution in [0.15, 0.2) is 24.3 Å². The van der Waals surface area contributed by atoms with Gasteiger partial charge in [0.25, 0.3) is 0 Å². The number of methoxy groups -OCH3 is 1. The third-order valence-electron chi connectivity index (χ3n) is 8.11. The molecule has 1 aromatic carbocycles. The molecule has 1 fully saturated rings. The van der Waals surface area contributed by atoms with Gasteiger partial charge in [-0.05, 0) is 38.7 Å². The summed E-state index contributed by atoms with van der Waals surface area (Å²) in [5.74, 6) is -1.47. The third-order valence-corrected chi connectivity index (χ3v) is 12.1. The van der Waals surface area contributed by atoms with Gasteiger partial charge >= 0.3 is 21.2 Å². The van der Waals surface area contributed by atoms with E-state index >= 15 is 0 Å². The van der Waals surface area contributed by atoms with Gasteiger partial charge in [0.1, 0.15) is 53.8 Å². The van der Waals surface area contributed by atoms with Crippen molar-refractivity contribution in [2.45, 2.75) is 64.3 Å². The van der Waals surface area contributed by atoms with Gasteiger partial charge in [-0.15, -0.1) is 0 Å². The number of nitrogens with two attached hydrogens (primary N) is 1. The molecular weight excluding hydrogens is 676 g/mol. The number of aliphatic hydroxyl groups is 2. The van der Waals surface area contributed by atoms with Crippen molar-refractivity contribution in [1.82, 2.24) is 19.5 Å². The number of hydrogen-bond donors (Lipinski definition) is 6. The van der Waals surface area contributed by atoms with Crippen LogP contribution in [-0.4, -0.2) is 95.1 Å². The number of phenols is 1. The highest BCUT2D eigenvalue weighted by Gasteiger charge is 2.46. The fraction of sp³-hybridized carbons (Fsp3) is 0.500. The van der Waals surface area contributed by atoms with Crippen molar-refractivity contribution >= 4 is 38.1 Å². The van der Waals surface area contributed by atoms with Crippen molar-refractivity contribution in [3.63, 3.8) is 0 Å². The number of aromatic nitrogens is 4. The number of allylic oxidation sites excluding steroid dienone is 2. The molecule has 20 heteroatoms. The number of hydrogen-bond acceptors (Lipinski definition) is 15. The van der Waals surface area contributed by atoms with E-state index in [4.69, 9.17) is 29.0 Å². The molecule has 3 unspecified atom stereocenters. The highest BCUT2D eigenvalue weighted by atomic mass is 31.2. The number of esters is 1. The Labute approximate surface area is 274 Å². The Bertz CT molecular complexity index is 1830. The molecule has 0 bridgehead atoms. The molecule has 18 nitrogen and oxygen atoms in total. The molecule has 6 atom stereocenters. The number of phenolic OH excluding ortho intramolecular Hbond substituents is 1. The van der Waals surface area contributed by atoms with Crippen LogP contribution < -0.4 is 10.5 Å². The van der Waals surface area contributed by atoms with Gasteiger partial charge < -0.3 is 54.1 Å². The predicted molar refractivity (Wildman–Crippen MR) is 167 cm³/mol. The molecule has 0 saturated carbocycles. The fourth-order valence-corrected chi connectivity index (χ4v) is 8.87. The van der Waals surface area contributed by atoms with Gasteiger partial charge in [0.15, 0.2) is 23.6 Å². The maximum absolute atomic E-state index is 12.7. The Morgan fingerprint density at radius 2 is 1.90 bits per heavy atom. The number of nitrogen functional groups attached to an aromatic ring is 1. The molecule has 0 radical (unpaired) electrons. The average molecular weight is 714 g/mol. The van der Waals surface area contributed by atoms with E-state index in [0.717, 1.165) is 5.57 Å². The van der Waals surface area contributed by atoms with Gasteiger partial charge in [-0.2, -0.15) is 0 Å². The first-order chi connectivity index (χ1) is 22.6. The van der Waals surface area contributed by atoms with Gasteiger partial charge in [0.05, 0.1) is 26.7 Å². The molecule has 0 amide bonds. The topological polar surface area (TPSA) is 268 Å². The summed E-state index contributed by atoms with van der Waals surface area (Å²) in [4.78, 5) is 44.6. The van der Waals surface area contributed by atoms with Gasteiger partial charge in [0, 0.05) is 11.1 Å². The Morgan fingerprint density at radius 1 is 1.17 bits per heavy atom. The number of carbonyl (C=O) groups is 1. The van der Waals surface area contributed by atoms with Gasteiger partial charge in [-0.25, -0.2) is 19.7 Å². The zero-order chi connectivity index (χ0) is 35.0. The lowest BCUT2D eigenvalue weighted by molar-refractivity contribution is -0.0483. The van der Waals surface area contributed by atoms with Gasteiger partial charge in [0.2, 0.25) is 0 Å². The summed E-state index contributed by atoms with van der Waals surface area (Å²) >= 11 is 0. The Balaban J connectivity index is 1.10. The number of aliphatic hydroxyl groups excluding tert-OH is 2. The zero-order valence-corrected chi connectivity index (χ0v) is 28.0. The van der Waals surface area contributed by atoms with E-state index in [1.807, 2.05) is 13.0 Å². The van der Waals surface area contributed by atoms with Crippen LogP contribution in [0.3, 0.4) is 0 Å².